The zero-order chi connectivity index (χ0) is 36.1. The molecule has 1 heterocycles. The molecule has 0 aliphatic carbocycles. The minimum absolute atomic E-state index is 0.414. The molecule has 0 radical (unpaired) electrons. The smallest absolute Gasteiger partial charge is 0.258 e. The third-order valence-corrected chi connectivity index (χ3v) is 22.4. The maximum atomic E-state index is 10.3. The molecule has 1 aliphatic heterocycles. The molecular formula is C38H62O8Si2. The zero-order valence-corrected chi connectivity index (χ0v) is 33.2. The molecule has 270 valence electrons. The molecule has 2 aromatic carbocycles. The molecule has 4 N–H and O–H groups in total. The molecule has 2 aromatic rings. The SMILES string of the molecule is CC(C)[Si](Oc1cc(/C=C/c2ccc(OC3OC(CO)C(O)C(O)C3O)cc2)cc(O[Si](C(C)C)(C(C)C)C(C)C)c1)(C(C)C)C(C)C. The van der Waals surface area contributed by atoms with Crippen LogP contribution >= 0.6 is 0 Å². The lowest BCUT2D eigenvalue weighted by atomic mass is 9.99. The summed E-state index contributed by atoms with van der Waals surface area (Å²) in [5.41, 5.74) is 4.50. The summed E-state index contributed by atoms with van der Waals surface area (Å²) in [5.74, 6) is 2.13. The Morgan fingerprint density at radius 2 is 1.00 bits per heavy atom. The lowest BCUT2D eigenvalue weighted by Gasteiger charge is -2.43. The second kappa shape index (κ2) is 16.7. The van der Waals surface area contributed by atoms with Crippen LogP contribution < -0.4 is 13.6 Å². The van der Waals surface area contributed by atoms with Gasteiger partial charge in [-0.25, -0.2) is 0 Å². The first-order valence-corrected chi connectivity index (χ1v) is 22.0. The summed E-state index contributed by atoms with van der Waals surface area (Å²) in [6.07, 6.45) is -2.59. The van der Waals surface area contributed by atoms with E-state index in [2.05, 4.69) is 107 Å². The summed E-state index contributed by atoms with van der Waals surface area (Å²) in [4.78, 5) is 0. The van der Waals surface area contributed by atoms with Crippen molar-refractivity contribution in [3.63, 3.8) is 0 Å². The summed E-state index contributed by atoms with van der Waals surface area (Å²) >= 11 is 0. The maximum absolute atomic E-state index is 10.3. The van der Waals surface area contributed by atoms with Crippen molar-refractivity contribution in [1.29, 1.82) is 0 Å². The third kappa shape index (κ3) is 8.57. The first-order chi connectivity index (χ1) is 22.4. The van der Waals surface area contributed by atoms with Crippen molar-refractivity contribution in [2.24, 2.45) is 0 Å². The average Bonchev–Trinajstić information content (AvgIpc) is 3.01. The molecule has 5 atom stereocenters. The first-order valence-electron chi connectivity index (χ1n) is 17.7. The Morgan fingerprint density at radius 3 is 1.40 bits per heavy atom. The van der Waals surface area contributed by atoms with Gasteiger partial charge in [-0.15, -0.1) is 0 Å². The number of hydrogen-bond donors (Lipinski definition) is 4. The van der Waals surface area contributed by atoms with E-state index in [9.17, 15) is 20.4 Å². The lowest BCUT2D eigenvalue weighted by molar-refractivity contribution is -0.277. The lowest BCUT2D eigenvalue weighted by Crippen LogP contribution is -2.60. The van der Waals surface area contributed by atoms with Gasteiger partial charge in [-0.05, 0) is 68.6 Å². The van der Waals surface area contributed by atoms with Crippen LogP contribution in [-0.4, -0.2) is 74.4 Å². The minimum Gasteiger partial charge on any atom is -0.543 e. The van der Waals surface area contributed by atoms with Crippen LogP contribution in [0.25, 0.3) is 12.2 Å². The van der Waals surface area contributed by atoms with E-state index in [1.54, 1.807) is 12.1 Å². The largest absolute Gasteiger partial charge is 0.543 e. The number of benzene rings is 2. The van der Waals surface area contributed by atoms with Crippen LogP contribution in [0, 0.1) is 0 Å². The molecule has 0 bridgehead atoms. The fraction of sp³-hybridized carbons (Fsp3) is 0.632. The van der Waals surface area contributed by atoms with Crippen molar-refractivity contribution in [2.75, 3.05) is 6.61 Å². The highest BCUT2D eigenvalue weighted by molar-refractivity contribution is 6.78. The number of ether oxygens (including phenoxy) is 2. The monoisotopic (exact) mass is 702 g/mol. The van der Waals surface area contributed by atoms with Gasteiger partial charge in [0.1, 0.15) is 41.7 Å². The highest BCUT2D eigenvalue weighted by atomic mass is 28.4. The third-order valence-electron chi connectivity index (χ3n) is 10.4. The van der Waals surface area contributed by atoms with Gasteiger partial charge in [0.05, 0.1) is 6.61 Å². The summed E-state index contributed by atoms with van der Waals surface area (Å²) in [7, 11) is -4.45. The first kappa shape index (κ1) is 40.2. The summed E-state index contributed by atoms with van der Waals surface area (Å²) < 4.78 is 25.6. The molecule has 0 spiro atoms. The van der Waals surface area contributed by atoms with Gasteiger partial charge in [0, 0.05) is 6.07 Å². The molecule has 48 heavy (non-hydrogen) atoms. The molecule has 5 unspecified atom stereocenters. The average molecular weight is 703 g/mol. The van der Waals surface area contributed by atoms with E-state index in [1.165, 1.54) is 0 Å². The topological polar surface area (TPSA) is 118 Å². The molecule has 3 rings (SSSR count). The van der Waals surface area contributed by atoms with Gasteiger partial charge in [0.15, 0.2) is 0 Å². The predicted octanol–water partition coefficient (Wildman–Crippen LogP) is 8.14. The van der Waals surface area contributed by atoms with Crippen LogP contribution in [0.5, 0.6) is 17.2 Å². The van der Waals surface area contributed by atoms with Crippen molar-refractivity contribution in [2.45, 2.75) is 147 Å². The number of rotatable bonds is 15. The Balaban J connectivity index is 1.97. The molecule has 10 heteroatoms. The van der Waals surface area contributed by atoms with Crippen molar-refractivity contribution in [1.82, 2.24) is 0 Å². The van der Waals surface area contributed by atoms with Crippen LogP contribution in [0.15, 0.2) is 42.5 Å². The van der Waals surface area contributed by atoms with Crippen LogP contribution in [0.1, 0.15) is 94.2 Å². The summed E-state index contributed by atoms with van der Waals surface area (Å²) in [6.45, 7) is 27.1. The van der Waals surface area contributed by atoms with Gasteiger partial charge in [-0.1, -0.05) is 107 Å². The highest BCUT2D eigenvalue weighted by Gasteiger charge is 2.49. The standard InChI is InChI=1S/C38H62O8Si2/c1-23(2)47(24(3)4,25(5)6)45-32-19-30(20-33(21-32)46-48(26(7)8,27(9)10)28(11)12)14-13-29-15-17-31(18-16-29)43-38-37(42)36(41)35(40)34(22-39)44-38/h13-21,23-28,34-42H,22H2,1-12H3/b14-13+. The fourth-order valence-corrected chi connectivity index (χ4v) is 18.5. The molecule has 0 aromatic heterocycles. The predicted molar refractivity (Wildman–Crippen MR) is 200 cm³/mol. The number of hydrogen-bond acceptors (Lipinski definition) is 8. The van der Waals surface area contributed by atoms with Gasteiger partial charge in [0.25, 0.3) is 16.6 Å². The fourth-order valence-electron chi connectivity index (χ4n) is 8.07. The minimum atomic E-state index is -2.22. The number of aliphatic hydroxyl groups excluding tert-OH is 4. The van der Waals surface area contributed by atoms with E-state index in [-0.39, 0.29) is 0 Å². The van der Waals surface area contributed by atoms with Crippen molar-refractivity contribution < 1.29 is 38.8 Å². The number of aliphatic hydroxyl groups is 4. The molecule has 0 saturated carbocycles. The van der Waals surface area contributed by atoms with E-state index < -0.39 is 53.9 Å². The van der Waals surface area contributed by atoms with E-state index in [0.29, 0.717) is 39.0 Å². The summed E-state index contributed by atoms with van der Waals surface area (Å²) in [6, 6.07) is 13.6. The Bertz CT molecular complexity index is 1230. The van der Waals surface area contributed by atoms with Crippen molar-refractivity contribution in [3.8, 4) is 17.2 Å². The Morgan fingerprint density at radius 1 is 0.583 bits per heavy atom. The molecule has 1 fully saturated rings. The molecular weight excluding hydrogens is 641 g/mol. The van der Waals surface area contributed by atoms with Gasteiger partial charge in [0.2, 0.25) is 6.29 Å². The summed E-state index contributed by atoms with van der Waals surface area (Å²) in [5, 5.41) is 40.0. The van der Waals surface area contributed by atoms with E-state index in [4.69, 9.17) is 18.3 Å². The normalized spacial score (nSPS) is 22.6. The van der Waals surface area contributed by atoms with Crippen LogP contribution in [0.4, 0.5) is 0 Å². The molecule has 1 saturated heterocycles. The maximum Gasteiger partial charge on any atom is 0.258 e. The van der Waals surface area contributed by atoms with Gasteiger partial charge < -0.3 is 38.8 Å². The molecule has 0 amide bonds. The van der Waals surface area contributed by atoms with E-state index in [0.717, 1.165) is 22.6 Å². The van der Waals surface area contributed by atoms with Gasteiger partial charge in [-0.3, -0.25) is 0 Å². The Hall–Kier alpha value is -2.19. The van der Waals surface area contributed by atoms with Crippen molar-refractivity contribution >= 4 is 28.8 Å². The molecule has 1 aliphatic rings. The Labute approximate surface area is 291 Å². The Kier molecular flexibility index (Phi) is 14.0. The van der Waals surface area contributed by atoms with Gasteiger partial charge in [-0.2, -0.15) is 0 Å². The zero-order valence-electron chi connectivity index (χ0n) is 31.2. The van der Waals surface area contributed by atoms with Crippen LogP contribution in [0.3, 0.4) is 0 Å². The van der Waals surface area contributed by atoms with Gasteiger partial charge >= 0.3 is 0 Å². The van der Waals surface area contributed by atoms with E-state index in [1.807, 2.05) is 18.2 Å². The van der Waals surface area contributed by atoms with Crippen LogP contribution in [0.2, 0.25) is 33.2 Å². The molecule has 8 nitrogen and oxygen atoms in total. The quantitative estimate of drug-likeness (QED) is 0.109. The highest BCUT2D eigenvalue weighted by Crippen LogP contribution is 2.46. The second-order valence-corrected chi connectivity index (χ2v) is 26.0. The van der Waals surface area contributed by atoms with Crippen molar-refractivity contribution in [3.05, 3.63) is 53.6 Å². The second-order valence-electron chi connectivity index (χ2n) is 15.3. The van der Waals surface area contributed by atoms with E-state index >= 15 is 0 Å². The van der Waals surface area contributed by atoms with Crippen LogP contribution in [-0.2, 0) is 4.74 Å².